The number of esters is 4. The average Bonchev–Trinajstić information content (AvgIpc) is 1.22. The molecule has 0 saturated heterocycles. The zero-order valence-corrected chi connectivity index (χ0v) is 56.4. The lowest BCUT2D eigenvalue weighted by Crippen LogP contribution is -2.54. The van der Waals surface area contributed by atoms with Crippen molar-refractivity contribution in [3.63, 3.8) is 0 Å². The number of nitriles is 2. The van der Waals surface area contributed by atoms with Crippen LogP contribution in [0.5, 0.6) is 11.5 Å². The van der Waals surface area contributed by atoms with Crippen LogP contribution in [0.25, 0.3) is 20.9 Å². The second-order valence-electron chi connectivity index (χ2n) is 23.4. The Hall–Kier alpha value is -13.6. The van der Waals surface area contributed by atoms with Gasteiger partial charge in [-0.3, -0.25) is 19.2 Å². The highest BCUT2D eigenvalue weighted by Crippen LogP contribution is 2.59. The van der Waals surface area contributed by atoms with E-state index >= 15 is 19.2 Å². The van der Waals surface area contributed by atoms with Gasteiger partial charge in [0.1, 0.15) is 95.9 Å². The maximum absolute atomic E-state index is 15.9. The summed E-state index contributed by atoms with van der Waals surface area (Å²) in [5.41, 5.74) is -7.34. The molecule has 7 aromatic carbocycles. The number of carbonyl (C=O) groups excluding carboxylic acids is 10. The highest BCUT2D eigenvalue weighted by molar-refractivity contribution is 7.20. The summed E-state index contributed by atoms with van der Waals surface area (Å²) in [7, 11) is 0. The number of nitrogens with zero attached hydrogens (tertiary/aromatic N) is 6. The number of imide groups is 6. The number of amides is 6. The fourth-order valence-electron chi connectivity index (χ4n) is 11.6. The molecule has 26 heteroatoms. The maximum atomic E-state index is 15.9. The third-order valence-electron chi connectivity index (χ3n) is 16.9. The molecule has 0 spiro atoms. The van der Waals surface area contributed by atoms with E-state index in [0.29, 0.717) is 33.4 Å². The van der Waals surface area contributed by atoms with E-state index in [-0.39, 0.29) is 87.7 Å². The first kappa shape index (κ1) is 68.9. The van der Waals surface area contributed by atoms with Gasteiger partial charge in [0.05, 0.1) is 9.75 Å². The van der Waals surface area contributed by atoms with Gasteiger partial charge >= 0.3 is 47.3 Å². The third kappa shape index (κ3) is 13.2. The second-order valence-corrected chi connectivity index (χ2v) is 25.5. The standard InChI is InChI=1S/C78H52N6O18S2/c1-45-55(37-79)67(85)83(75(93)99-43-51-29-17-7-18-30-51)69(87)63(45)81-61-35-59-65(103-61)53-33-58-54(34-57(53)77(101-59,71(89)95-39-47-21-9-3-10-22-47)72(90)96-40-48-23-11-4-12-24-48)66-60(102-78(58,73(91)97-41-49-25-13-5-14-26-49)74(92)98-42-50-27-15-6-16-28-50)36-62(104-66)82-64-46(2)56(38-80)68(86)84(70(64)88)76(94)100-44-52-31-19-8-20-32-52/h3-36H,39-44H2,1-2H3. The first-order chi connectivity index (χ1) is 50.4. The van der Waals surface area contributed by atoms with Gasteiger partial charge in [-0.1, -0.05) is 182 Å². The number of benzene rings is 7. The van der Waals surface area contributed by atoms with Crippen molar-refractivity contribution >= 4 is 104 Å². The molecule has 0 bridgehead atoms. The van der Waals surface area contributed by atoms with Crippen molar-refractivity contribution in [2.75, 3.05) is 0 Å². The molecule has 6 amide bonds. The van der Waals surface area contributed by atoms with Gasteiger partial charge in [-0.2, -0.15) is 20.3 Å². The Bertz CT molecular complexity index is 4820. The summed E-state index contributed by atoms with van der Waals surface area (Å²) in [6, 6.07) is 58.8. The molecule has 4 aliphatic rings. The van der Waals surface area contributed by atoms with E-state index in [1.54, 1.807) is 194 Å². The SMILES string of the molecule is CC1=C(C#N)C(=O)N(C(=O)OCc2ccccc2)C(=O)C1=Nc1cc2c(s1)-c1cc3c(cc1C(C(=O)OCc1ccccc1)(C(=O)OCc1ccccc1)O2)-c1sc(N=C2C(=O)N(C(=O)OCc4ccccc4)C(=O)C(C#N)=C2C)cc1OC3(C(=O)OCc1ccccc1)C(=O)OCc1ccccc1. The minimum Gasteiger partial charge on any atom is -0.458 e. The number of ether oxygens (including phenoxy) is 8. The molecule has 0 radical (unpaired) electrons. The number of hydrogen-bond acceptors (Lipinski definition) is 24. The summed E-state index contributed by atoms with van der Waals surface area (Å²) in [6.07, 6.45) is -2.85. The van der Waals surface area contributed by atoms with Crippen LogP contribution in [0.3, 0.4) is 0 Å². The maximum Gasteiger partial charge on any atom is 0.424 e. The van der Waals surface area contributed by atoms with E-state index in [0.717, 1.165) is 22.7 Å². The van der Waals surface area contributed by atoms with E-state index in [9.17, 15) is 39.3 Å². The Labute approximate surface area is 599 Å². The second kappa shape index (κ2) is 29.3. The molecule has 6 heterocycles. The molecule has 0 unspecified atom stereocenters. The third-order valence-corrected chi connectivity index (χ3v) is 18.9. The van der Waals surface area contributed by atoms with Crippen LogP contribution in [-0.2, 0) is 118 Å². The van der Waals surface area contributed by atoms with E-state index in [2.05, 4.69) is 9.98 Å². The molecule has 24 nitrogen and oxygen atoms in total. The highest BCUT2D eigenvalue weighted by Gasteiger charge is 2.62. The number of carbonyl (C=O) groups is 10. The molecule has 9 aromatic rings. The van der Waals surface area contributed by atoms with E-state index in [4.69, 9.17) is 37.9 Å². The van der Waals surface area contributed by atoms with Gasteiger partial charge in [0.15, 0.2) is 0 Å². The smallest absolute Gasteiger partial charge is 0.424 e. The van der Waals surface area contributed by atoms with Gasteiger partial charge in [0.25, 0.3) is 23.6 Å². The number of aliphatic imine (C=N–C) groups is 2. The van der Waals surface area contributed by atoms with Crippen molar-refractivity contribution in [2.24, 2.45) is 9.98 Å². The fourth-order valence-corrected chi connectivity index (χ4v) is 13.6. The van der Waals surface area contributed by atoms with Crippen molar-refractivity contribution in [2.45, 2.75) is 64.7 Å². The van der Waals surface area contributed by atoms with Crippen LogP contribution in [0.1, 0.15) is 58.4 Å². The number of hydrogen-bond donors (Lipinski definition) is 0. The van der Waals surface area contributed by atoms with Gasteiger partial charge in [0, 0.05) is 45.5 Å². The van der Waals surface area contributed by atoms with Crippen LogP contribution in [-0.4, -0.2) is 80.9 Å². The summed E-state index contributed by atoms with van der Waals surface area (Å²) in [5, 5.41) is 20.4. The normalized spacial score (nSPS) is 15.4. The molecule has 0 aliphatic carbocycles. The van der Waals surface area contributed by atoms with Crippen molar-refractivity contribution in [1.82, 2.24) is 9.80 Å². The van der Waals surface area contributed by atoms with Crippen molar-refractivity contribution < 1.29 is 85.8 Å². The Morgan fingerprint density at radius 1 is 0.394 bits per heavy atom. The molecular weight excluding hydrogens is 1370 g/mol. The first-order valence-electron chi connectivity index (χ1n) is 31.7. The van der Waals surface area contributed by atoms with Gasteiger partial charge in [-0.25, -0.2) is 38.8 Å². The molecule has 0 fully saturated rings. The largest absolute Gasteiger partial charge is 0.458 e. The van der Waals surface area contributed by atoms with Crippen molar-refractivity contribution in [3.05, 3.63) is 273 Å². The Kier molecular flexibility index (Phi) is 19.4. The van der Waals surface area contributed by atoms with Gasteiger partial charge in [-0.15, -0.1) is 22.7 Å². The lowest BCUT2D eigenvalue weighted by Gasteiger charge is -2.39. The van der Waals surface area contributed by atoms with E-state index < -0.39 is 120 Å². The zero-order chi connectivity index (χ0) is 72.8. The van der Waals surface area contributed by atoms with Crippen LogP contribution in [0.4, 0.5) is 19.6 Å². The lowest BCUT2D eigenvalue weighted by molar-refractivity contribution is -0.185. The molecule has 0 atom stereocenters. The van der Waals surface area contributed by atoms with Crippen LogP contribution < -0.4 is 9.47 Å². The zero-order valence-electron chi connectivity index (χ0n) is 54.7. The van der Waals surface area contributed by atoms with Crippen LogP contribution in [0, 0.1) is 22.7 Å². The molecule has 4 aliphatic heterocycles. The molecule has 13 rings (SSSR count). The minimum absolute atomic E-state index is 0.0221. The number of fused-ring (bicyclic) bond motifs is 6. The highest BCUT2D eigenvalue weighted by atomic mass is 32.1. The van der Waals surface area contributed by atoms with Gasteiger partial charge in [-0.05, 0) is 59.4 Å². The van der Waals surface area contributed by atoms with Crippen LogP contribution in [0.2, 0.25) is 0 Å². The predicted octanol–water partition coefficient (Wildman–Crippen LogP) is 12.5. The molecule has 514 valence electrons. The Balaban J connectivity index is 1.04. The number of rotatable bonds is 18. The van der Waals surface area contributed by atoms with Crippen LogP contribution in [0.15, 0.2) is 239 Å². The monoisotopic (exact) mass is 1420 g/mol. The summed E-state index contributed by atoms with van der Waals surface area (Å²) in [5.74, 6) is -11.3. The number of thiophene rings is 2. The van der Waals surface area contributed by atoms with Gasteiger partial charge in [0.2, 0.25) is 0 Å². The quantitative estimate of drug-likeness (QED) is 0.0333. The molecule has 0 saturated carbocycles. The van der Waals surface area contributed by atoms with Crippen molar-refractivity contribution in [1.29, 1.82) is 10.5 Å². The Morgan fingerprint density at radius 2 is 0.654 bits per heavy atom. The topological polar surface area (TPSA) is 323 Å². The van der Waals surface area contributed by atoms with E-state index in [1.807, 2.05) is 0 Å². The van der Waals surface area contributed by atoms with Crippen molar-refractivity contribution in [3.8, 4) is 44.5 Å². The Morgan fingerprint density at radius 3 is 0.913 bits per heavy atom. The molecule has 2 aromatic heterocycles. The summed E-state index contributed by atoms with van der Waals surface area (Å²) in [6.45, 7) is -0.0763. The summed E-state index contributed by atoms with van der Waals surface area (Å²) in [4.78, 5) is 158. The fraction of sp³-hybridized carbons (Fsp3) is 0.128. The van der Waals surface area contributed by atoms with Gasteiger partial charge < -0.3 is 37.9 Å². The van der Waals surface area contributed by atoms with E-state index in [1.165, 1.54) is 38.1 Å². The first-order valence-corrected chi connectivity index (χ1v) is 33.3. The minimum atomic E-state index is -3.07. The lowest BCUT2D eigenvalue weighted by atomic mass is 9.78. The molecule has 0 N–H and O–H groups in total. The average molecular weight is 1430 g/mol. The molecular formula is C78H52N6O18S2. The summed E-state index contributed by atoms with van der Waals surface area (Å²) >= 11 is 1.49. The van der Waals surface area contributed by atoms with Crippen LogP contribution >= 0.6 is 22.7 Å². The summed E-state index contributed by atoms with van der Waals surface area (Å²) < 4.78 is 48.9. The molecule has 104 heavy (non-hydrogen) atoms. The predicted molar refractivity (Wildman–Crippen MR) is 370 cm³/mol.